The molecule has 14 rings (SSSR count). The Labute approximate surface area is 377 Å². The van der Waals surface area contributed by atoms with E-state index < -0.39 is 0 Å². The highest BCUT2D eigenvalue weighted by molar-refractivity contribution is 7.25. The average Bonchev–Trinajstić information content (AvgIpc) is 4.12. The lowest BCUT2D eigenvalue weighted by Crippen LogP contribution is -2.09. The summed E-state index contributed by atoms with van der Waals surface area (Å²) >= 11 is 1.85. The van der Waals surface area contributed by atoms with Crippen LogP contribution in [0.5, 0.6) is 0 Å². The summed E-state index contributed by atoms with van der Waals surface area (Å²) in [6.45, 7) is 0. The van der Waals surface area contributed by atoms with E-state index >= 15 is 0 Å². The predicted octanol–water partition coefficient (Wildman–Crippen LogP) is 17.8. The van der Waals surface area contributed by atoms with Crippen LogP contribution in [0.25, 0.3) is 114 Å². The van der Waals surface area contributed by atoms with Crippen LogP contribution < -0.4 is 4.90 Å². The van der Waals surface area contributed by atoms with Gasteiger partial charge in [0, 0.05) is 92.9 Å². The van der Waals surface area contributed by atoms with Crippen LogP contribution in [0.4, 0.5) is 17.1 Å². The molecule has 0 amide bonds. The fraction of sp³-hybridized carbons (Fsp3) is 0. The van der Waals surface area contributed by atoms with Crippen molar-refractivity contribution in [2.75, 3.05) is 4.90 Å². The summed E-state index contributed by atoms with van der Waals surface area (Å²) < 4.78 is 18.2. The highest BCUT2D eigenvalue weighted by atomic mass is 32.1. The number of anilines is 3. The average molecular weight is 849 g/mol. The fourth-order valence-corrected chi connectivity index (χ4v) is 11.4. The van der Waals surface area contributed by atoms with Gasteiger partial charge in [0.05, 0.1) is 11.0 Å². The van der Waals surface area contributed by atoms with Crippen LogP contribution in [0.1, 0.15) is 0 Å². The van der Waals surface area contributed by atoms with E-state index in [2.05, 4.69) is 216 Å². The first kappa shape index (κ1) is 36.1. The maximum absolute atomic E-state index is 6.74. The number of hydrogen-bond acceptors (Lipinski definition) is 4. The van der Waals surface area contributed by atoms with E-state index in [1.165, 1.54) is 47.6 Å². The normalized spacial score (nSPS) is 12.0. The van der Waals surface area contributed by atoms with E-state index in [-0.39, 0.29) is 0 Å². The van der Waals surface area contributed by atoms with Crippen LogP contribution in [0.15, 0.2) is 227 Å². The van der Waals surface area contributed by atoms with Crippen molar-refractivity contribution in [1.29, 1.82) is 0 Å². The van der Waals surface area contributed by atoms with E-state index in [4.69, 9.17) is 8.83 Å². The summed E-state index contributed by atoms with van der Waals surface area (Å²) in [5.74, 6) is 0. The first-order chi connectivity index (χ1) is 32.2. The van der Waals surface area contributed by atoms with E-state index in [0.717, 1.165) is 83.2 Å². The third-order valence-electron chi connectivity index (χ3n) is 13.2. The molecule has 0 fully saturated rings. The standard InChI is InChI=1S/C60H36N2O2S/c1-3-13-37(14-4-1)58-59-47-30-23-39(38-24-32-57-49(33-38)46-18-9-12-22-56(46)65-57)34-50(47)62(51(59)36-55-60(58)48-19-8-11-21-53(48)64-55)42-27-25-41(26-28-42)61(40-15-5-2-6-16-40)43-29-31-45-44-17-7-10-20-52(44)63-54(45)35-43/h1-36H. The predicted molar refractivity (Wildman–Crippen MR) is 274 cm³/mol. The molecule has 0 N–H and O–H groups in total. The van der Waals surface area contributed by atoms with Gasteiger partial charge in [-0.05, 0) is 102 Å². The van der Waals surface area contributed by atoms with Crippen molar-refractivity contribution >= 4 is 114 Å². The maximum atomic E-state index is 6.74. The van der Waals surface area contributed by atoms with Gasteiger partial charge >= 0.3 is 0 Å². The molecule has 0 aliphatic carbocycles. The second-order valence-corrected chi connectivity index (χ2v) is 17.9. The van der Waals surface area contributed by atoms with Crippen LogP contribution in [0, 0.1) is 0 Å². The van der Waals surface area contributed by atoms with Crippen LogP contribution in [0.3, 0.4) is 0 Å². The Hall–Kier alpha value is -8.38. The molecule has 0 aliphatic rings. The molecule has 0 unspecified atom stereocenters. The van der Waals surface area contributed by atoms with Gasteiger partial charge in [-0.15, -0.1) is 11.3 Å². The summed E-state index contributed by atoms with van der Waals surface area (Å²) in [7, 11) is 0. The number of rotatable bonds is 6. The van der Waals surface area contributed by atoms with Crippen LogP contribution >= 0.6 is 11.3 Å². The van der Waals surface area contributed by atoms with Gasteiger partial charge in [-0.1, -0.05) is 121 Å². The van der Waals surface area contributed by atoms with E-state index in [9.17, 15) is 0 Å². The number of hydrogen-bond donors (Lipinski definition) is 0. The molecule has 0 saturated carbocycles. The van der Waals surface area contributed by atoms with Gasteiger partial charge in [-0.3, -0.25) is 0 Å². The van der Waals surface area contributed by atoms with Gasteiger partial charge in [-0.25, -0.2) is 0 Å². The highest BCUT2D eigenvalue weighted by Gasteiger charge is 2.24. The smallest absolute Gasteiger partial charge is 0.138 e. The summed E-state index contributed by atoms with van der Waals surface area (Å²) in [5, 5.41) is 9.45. The number of para-hydroxylation sites is 3. The van der Waals surface area contributed by atoms with E-state index in [1.54, 1.807) is 0 Å². The molecule has 0 aliphatic heterocycles. The monoisotopic (exact) mass is 848 g/mol. The van der Waals surface area contributed by atoms with Crippen molar-refractivity contribution < 1.29 is 8.83 Å². The molecule has 10 aromatic carbocycles. The molecule has 304 valence electrons. The number of thiophene rings is 1. The molecule has 4 nitrogen and oxygen atoms in total. The summed E-state index contributed by atoms with van der Waals surface area (Å²) in [6, 6.07) is 78.5. The highest BCUT2D eigenvalue weighted by Crippen LogP contribution is 2.48. The second-order valence-electron chi connectivity index (χ2n) is 16.8. The molecule has 0 bridgehead atoms. The minimum absolute atomic E-state index is 0.861. The summed E-state index contributed by atoms with van der Waals surface area (Å²) in [6.07, 6.45) is 0. The van der Waals surface area contributed by atoms with Crippen molar-refractivity contribution in [3.05, 3.63) is 218 Å². The molecule has 0 radical (unpaired) electrons. The van der Waals surface area contributed by atoms with Crippen molar-refractivity contribution in [1.82, 2.24) is 4.57 Å². The number of aromatic nitrogens is 1. The molecule has 4 heterocycles. The molecule has 4 aromatic heterocycles. The van der Waals surface area contributed by atoms with E-state index in [0.29, 0.717) is 0 Å². The van der Waals surface area contributed by atoms with Gasteiger partial charge in [0.15, 0.2) is 0 Å². The molecule has 5 heteroatoms. The molecule has 65 heavy (non-hydrogen) atoms. The minimum Gasteiger partial charge on any atom is -0.456 e. The SMILES string of the molecule is c1ccc(-c2c3c(cc4c2c2ccc(-c5ccc6sc7ccccc7c6c5)cc2n4-c2ccc(N(c4ccccc4)c4ccc5c(c4)oc4ccccc45)cc2)oc2ccccc23)cc1. The summed E-state index contributed by atoms with van der Waals surface area (Å²) in [5.41, 5.74) is 14.6. The Morgan fingerprint density at radius 3 is 1.77 bits per heavy atom. The number of fused-ring (bicyclic) bond motifs is 12. The molecule has 0 spiro atoms. The Morgan fingerprint density at radius 1 is 0.338 bits per heavy atom. The van der Waals surface area contributed by atoms with Crippen LogP contribution in [-0.4, -0.2) is 4.57 Å². The Morgan fingerprint density at radius 2 is 0.938 bits per heavy atom. The molecular formula is C60H36N2O2S. The zero-order valence-corrected chi connectivity index (χ0v) is 35.7. The van der Waals surface area contributed by atoms with Gasteiger partial charge in [0.2, 0.25) is 0 Å². The van der Waals surface area contributed by atoms with Gasteiger partial charge in [0.25, 0.3) is 0 Å². The third kappa shape index (κ3) is 5.56. The number of furan rings is 2. The topological polar surface area (TPSA) is 34.5 Å². The maximum Gasteiger partial charge on any atom is 0.138 e. The molecule has 14 aromatic rings. The molecular weight excluding hydrogens is 813 g/mol. The first-order valence-corrected chi connectivity index (χ1v) is 22.8. The lowest BCUT2D eigenvalue weighted by atomic mass is 9.94. The first-order valence-electron chi connectivity index (χ1n) is 22.0. The minimum atomic E-state index is 0.861. The zero-order valence-electron chi connectivity index (χ0n) is 34.9. The second kappa shape index (κ2) is 14.1. The largest absolute Gasteiger partial charge is 0.456 e. The lowest BCUT2D eigenvalue weighted by Gasteiger charge is -2.25. The Balaban J connectivity index is 1.01. The van der Waals surface area contributed by atoms with Crippen molar-refractivity contribution in [3.63, 3.8) is 0 Å². The Bertz CT molecular complexity index is 4180. The summed E-state index contributed by atoms with van der Waals surface area (Å²) in [4.78, 5) is 2.30. The quantitative estimate of drug-likeness (QED) is 0.167. The lowest BCUT2D eigenvalue weighted by molar-refractivity contribution is 0.668. The van der Waals surface area contributed by atoms with Gasteiger partial charge in [-0.2, -0.15) is 0 Å². The third-order valence-corrected chi connectivity index (χ3v) is 14.3. The van der Waals surface area contributed by atoms with Crippen molar-refractivity contribution in [2.45, 2.75) is 0 Å². The van der Waals surface area contributed by atoms with E-state index in [1.807, 2.05) is 23.5 Å². The van der Waals surface area contributed by atoms with Crippen molar-refractivity contribution in [3.8, 4) is 27.9 Å². The van der Waals surface area contributed by atoms with Crippen molar-refractivity contribution in [2.24, 2.45) is 0 Å². The van der Waals surface area contributed by atoms with Gasteiger partial charge < -0.3 is 18.3 Å². The number of nitrogens with zero attached hydrogens (tertiary/aromatic N) is 2. The van der Waals surface area contributed by atoms with Crippen LogP contribution in [-0.2, 0) is 0 Å². The fourth-order valence-electron chi connectivity index (χ4n) is 10.3. The molecule has 0 saturated heterocycles. The Kier molecular flexibility index (Phi) is 7.82. The number of benzene rings is 10. The molecule has 0 atom stereocenters. The van der Waals surface area contributed by atoms with Crippen LogP contribution in [0.2, 0.25) is 0 Å². The van der Waals surface area contributed by atoms with Gasteiger partial charge in [0.1, 0.15) is 22.3 Å². The zero-order chi connectivity index (χ0) is 42.6.